The average molecular weight is 255 g/mol. The maximum Gasteiger partial charge on any atom is 0.00967 e. The SMILES string of the molecule is CCCCC(CC)(CCC(C)C)CNC(C)(C)C. The Bertz CT molecular complexity index is 202. The molecular weight excluding hydrogens is 218 g/mol. The third-order valence-corrected chi connectivity index (χ3v) is 4.06. The van der Waals surface area contributed by atoms with Crippen LogP contribution in [0, 0.1) is 11.3 Å². The molecule has 0 aromatic carbocycles. The lowest BCUT2D eigenvalue weighted by atomic mass is 9.74. The van der Waals surface area contributed by atoms with Crippen molar-refractivity contribution in [3.8, 4) is 0 Å². The third-order valence-electron chi connectivity index (χ3n) is 4.06. The van der Waals surface area contributed by atoms with Crippen molar-refractivity contribution in [2.75, 3.05) is 6.54 Å². The number of unbranched alkanes of at least 4 members (excludes halogenated alkanes) is 1. The first-order chi connectivity index (χ1) is 8.24. The molecule has 1 nitrogen and oxygen atoms in total. The van der Waals surface area contributed by atoms with E-state index in [4.69, 9.17) is 0 Å². The summed E-state index contributed by atoms with van der Waals surface area (Å²) in [4.78, 5) is 0. The van der Waals surface area contributed by atoms with Gasteiger partial charge in [0.1, 0.15) is 0 Å². The Labute approximate surface area is 116 Å². The molecule has 0 saturated heterocycles. The fourth-order valence-corrected chi connectivity index (χ4v) is 2.38. The van der Waals surface area contributed by atoms with Gasteiger partial charge in [-0.1, -0.05) is 47.0 Å². The van der Waals surface area contributed by atoms with Crippen LogP contribution < -0.4 is 5.32 Å². The standard InChI is InChI=1S/C17H37N/c1-8-10-12-17(9-2,13-11-15(3)4)14-18-16(5,6)7/h15,18H,8-14H2,1-7H3. The summed E-state index contributed by atoms with van der Waals surface area (Å²) in [6, 6.07) is 0. The normalized spacial score (nSPS) is 16.0. The van der Waals surface area contributed by atoms with Gasteiger partial charge in [-0.25, -0.2) is 0 Å². The van der Waals surface area contributed by atoms with Crippen LogP contribution in [0.3, 0.4) is 0 Å². The van der Waals surface area contributed by atoms with Gasteiger partial charge in [0, 0.05) is 12.1 Å². The van der Waals surface area contributed by atoms with E-state index in [9.17, 15) is 0 Å². The summed E-state index contributed by atoms with van der Waals surface area (Å²) in [6.45, 7) is 17.4. The average Bonchev–Trinajstić information content (AvgIpc) is 2.27. The minimum absolute atomic E-state index is 0.241. The molecule has 0 bridgehead atoms. The van der Waals surface area contributed by atoms with Crippen molar-refractivity contribution in [1.82, 2.24) is 5.32 Å². The van der Waals surface area contributed by atoms with E-state index in [1.807, 2.05) is 0 Å². The summed E-state index contributed by atoms with van der Waals surface area (Å²) in [5.74, 6) is 0.826. The van der Waals surface area contributed by atoms with Crippen LogP contribution in [0.25, 0.3) is 0 Å². The maximum absolute atomic E-state index is 3.75. The van der Waals surface area contributed by atoms with Crippen LogP contribution in [0.1, 0.15) is 87.0 Å². The van der Waals surface area contributed by atoms with Gasteiger partial charge < -0.3 is 5.32 Å². The monoisotopic (exact) mass is 255 g/mol. The third kappa shape index (κ3) is 8.13. The van der Waals surface area contributed by atoms with E-state index in [-0.39, 0.29) is 5.54 Å². The summed E-state index contributed by atoms with van der Waals surface area (Å²) >= 11 is 0. The van der Waals surface area contributed by atoms with Crippen LogP contribution in [-0.2, 0) is 0 Å². The van der Waals surface area contributed by atoms with Crippen LogP contribution in [0.2, 0.25) is 0 Å². The highest BCUT2D eigenvalue weighted by atomic mass is 15.0. The van der Waals surface area contributed by atoms with Gasteiger partial charge in [0.05, 0.1) is 0 Å². The van der Waals surface area contributed by atoms with E-state index in [1.165, 1.54) is 45.1 Å². The van der Waals surface area contributed by atoms with Gasteiger partial charge in [0.25, 0.3) is 0 Å². The van der Waals surface area contributed by atoms with E-state index < -0.39 is 0 Å². The van der Waals surface area contributed by atoms with Crippen molar-refractivity contribution in [1.29, 1.82) is 0 Å². The van der Waals surface area contributed by atoms with Gasteiger partial charge in [0.2, 0.25) is 0 Å². The summed E-state index contributed by atoms with van der Waals surface area (Å²) in [5, 5.41) is 3.75. The lowest BCUT2D eigenvalue weighted by Crippen LogP contribution is -2.44. The molecule has 1 atom stereocenters. The topological polar surface area (TPSA) is 12.0 Å². The molecular formula is C17H37N. The fraction of sp³-hybridized carbons (Fsp3) is 1.00. The van der Waals surface area contributed by atoms with Crippen molar-refractivity contribution < 1.29 is 0 Å². The van der Waals surface area contributed by atoms with E-state index >= 15 is 0 Å². The lowest BCUT2D eigenvalue weighted by molar-refractivity contribution is 0.180. The van der Waals surface area contributed by atoms with Crippen molar-refractivity contribution in [2.24, 2.45) is 11.3 Å². The van der Waals surface area contributed by atoms with Gasteiger partial charge in [-0.3, -0.25) is 0 Å². The van der Waals surface area contributed by atoms with Gasteiger partial charge in [0.15, 0.2) is 0 Å². The minimum atomic E-state index is 0.241. The van der Waals surface area contributed by atoms with Gasteiger partial charge in [-0.05, 0) is 51.4 Å². The van der Waals surface area contributed by atoms with Crippen molar-refractivity contribution in [3.63, 3.8) is 0 Å². The Morgan fingerprint density at radius 3 is 2.00 bits per heavy atom. The molecule has 0 aromatic heterocycles. The molecule has 0 aliphatic rings. The Morgan fingerprint density at radius 1 is 1.00 bits per heavy atom. The van der Waals surface area contributed by atoms with Crippen molar-refractivity contribution in [2.45, 2.75) is 92.5 Å². The highest BCUT2D eigenvalue weighted by molar-refractivity contribution is 4.84. The van der Waals surface area contributed by atoms with Gasteiger partial charge in [-0.15, -0.1) is 0 Å². The van der Waals surface area contributed by atoms with E-state index in [1.54, 1.807) is 0 Å². The summed E-state index contributed by atoms with van der Waals surface area (Å²) in [5.41, 5.74) is 0.762. The Hall–Kier alpha value is -0.0400. The minimum Gasteiger partial charge on any atom is -0.312 e. The molecule has 18 heavy (non-hydrogen) atoms. The molecule has 1 N–H and O–H groups in total. The second kappa shape index (κ2) is 8.19. The second-order valence-corrected chi connectivity index (χ2v) is 7.49. The van der Waals surface area contributed by atoms with E-state index in [2.05, 4.69) is 53.8 Å². The number of nitrogens with one attached hydrogen (secondary N) is 1. The number of rotatable bonds is 9. The first kappa shape index (κ1) is 18.0. The Balaban J connectivity index is 4.53. The quantitative estimate of drug-likeness (QED) is 0.582. The summed E-state index contributed by atoms with van der Waals surface area (Å²) < 4.78 is 0. The molecule has 0 aliphatic carbocycles. The van der Waals surface area contributed by atoms with Crippen molar-refractivity contribution in [3.05, 3.63) is 0 Å². The number of hydrogen-bond donors (Lipinski definition) is 1. The molecule has 110 valence electrons. The smallest absolute Gasteiger partial charge is 0.00967 e. The predicted octanol–water partition coefficient (Wildman–Crippen LogP) is 5.40. The van der Waals surface area contributed by atoms with Gasteiger partial charge >= 0.3 is 0 Å². The fourth-order valence-electron chi connectivity index (χ4n) is 2.38. The molecule has 0 spiro atoms. The molecule has 0 fully saturated rings. The van der Waals surface area contributed by atoms with Crippen LogP contribution in [-0.4, -0.2) is 12.1 Å². The lowest BCUT2D eigenvalue weighted by Gasteiger charge is -2.37. The second-order valence-electron chi connectivity index (χ2n) is 7.49. The Kier molecular flexibility index (Phi) is 8.18. The zero-order valence-electron chi connectivity index (χ0n) is 14.0. The molecule has 0 amide bonds. The Morgan fingerprint density at radius 2 is 1.61 bits per heavy atom. The molecule has 0 aliphatic heterocycles. The predicted molar refractivity (Wildman–Crippen MR) is 84.1 cm³/mol. The van der Waals surface area contributed by atoms with Crippen LogP contribution in [0.5, 0.6) is 0 Å². The van der Waals surface area contributed by atoms with Gasteiger partial charge in [-0.2, -0.15) is 0 Å². The van der Waals surface area contributed by atoms with Crippen LogP contribution in [0.15, 0.2) is 0 Å². The molecule has 0 aromatic rings. The summed E-state index contributed by atoms with van der Waals surface area (Å²) in [6.07, 6.45) is 8.13. The molecule has 1 heteroatoms. The van der Waals surface area contributed by atoms with E-state index in [0.717, 1.165) is 5.92 Å². The first-order valence-corrected chi connectivity index (χ1v) is 7.99. The highest BCUT2D eigenvalue weighted by Crippen LogP contribution is 2.35. The van der Waals surface area contributed by atoms with E-state index in [0.29, 0.717) is 5.41 Å². The molecule has 0 rings (SSSR count). The molecule has 0 radical (unpaired) electrons. The largest absolute Gasteiger partial charge is 0.312 e. The molecule has 0 saturated carbocycles. The van der Waals surface area contributed by atoms with Crippen LogP contribution >= 0.6 is 0 Å². The summed E-state index contributed by atoms with van der Waals surface area (Å²) in [7, 11) is 0. The van der Waals surface area contributed by atoms with Crippen molar-refractivity contribution >= 4 is 0 Å². The zero-order chi connectivity index (χ0) is 14.2. The zero-order valence-corrected chi connectivity index (χ0v) is 14.0. The number of hydrogen-bond acceptors (Lipinski definition) is 1. The van der Waals surface area contributed by atoms with Crippen LogP contribution in [0.4, 0.5) is 0 Å². The maximum atomic E-state index is 3.75. The first-order valence-electron chi connectivity index (χ1n) is 7.99. The molecule has 0 heterocycles. The molecule has 1 unspecified atom stereocenters. The highest BCUT2D eigenvalue weighted by Gasteiger charge is 2.28.